The summed E-state index contributed by atoms with van der Waals surface area (Å²) < 4.78 is 0. The van der Waals surface area contributed by atoms with Crippen LogP contribution in [0.1, 0.15) is 282 Å². The van der Waals surface area contributed by atoms with E-state index in [4.69, 9.17) is 0 Å². The Kier molecular flexibility index (Phi) is 30.6. The van der Waals surface area contributed by atoms with Crippen molar-refractivity contribution < 1.29 is 0 Å². The number of allylic oxidation sites excluding steroid dienone is 10. The van der Waals surface area contributed by atoms with Crippen LogP contribution in [0.15, 0.2) is 75.4 Å². The second-order valence-corrected chi connectivity index (χ2v) is 27.9. The topological polar surface area (TPSA) is 0 Å². The summed E-state index contributed by atoms with van der Waals surface area (Å²) in [5.74, 6) is 1.94. The average Bonchev–Trinajstić information content (AvgIpc) is 3.28. The molecule has 74 heavy (non-hydrogen) atoms. The summed E-state index contributed by atoms with van der Waals surface area (Å²) in [4.78, 5) is 0. The van der Waals surface area contributed by atoms with Gasteiger partial charge >= 0.3 is 0 Å². The van der Waals surface area contributed by atoms with Crippen LogP contribution in [0.4, 0.5) is 0 Å². The number of benzene rings is 2. The van der Waals surface area contributed by atoms with Crippen LogP contribution in [0.5, 0.6) is 0 Å². The van der Waals surface area contributed by atoms with Crippen LogP contribution in [-0.4, -0.2) is 0 Å². The predicted molar refractivity (Wildman–Crippen MR) is 343 cm³/mol. The molecule has 2 aromatic carbocycles. The lowest BCUT2D eigenvalue weighted by atomic mass is 9.64. The maximum atomic E-state index is 2.52. The molecule has 0 fully saturated rings. The van der Waals surface area contributed by atoms with E-state index in [1.165, 1.54) is 113 Å². The number of rotatable bonds is 17. The first kappa shape index (κ1) is 73.2. The van der Waals surface area contributed by atoms with Crippen LogP contribution in [0.3, 0.4) is 0 Å². The van der Waals surface area contributed by atoms with Crippen LogP contribution in [0.2, 0.25) is 0 Å². The molecule has 0 saturated carbocycles. The van der Waals surface area contributed by atoms with Gasteiger partial charge < -0.3 is 0 Å². The van der Waals surface area contributed by atoms with E-state index in [1.54, 1.807) is 27.9 Å². The zero-order chi connectivity index (χ0) is 58.9. The largest absolute Gasteiger partial charge is 0.0791 e. The molecule has 0 aliphatic heterocycles. The Bertz CT molecular complexity index is 2190. The Morgan fingerprint density at radius 3 is 1.35 bits per heavy atom. The van der Waals surface area contributed by atoms with Crippen molar-refractivity contribution >= 4 is 0 Å². The predicted octanol–water partition coefficient (Wildman–Crippen LogP) is 24.6. The van der Waals surface area contributed by atoms with Gasteiger partial charge in [0, 0.05) is 0 Å². The third-order valence-corrected chi connectivity index (χ3v) is 19.4. The van der Waals surface area contributed by atoms with Gasteiger partial charge in [0.05, 0.1) is 0 Å². The Balaban J connectivity index is 0. The summed E-state index contributed by atoms with van der Waals surface area (Å²) in [6, 6.07) is 7.03. The van der Waals surface area contributed by atoms with E-state index < -0.39 is 0 Å². The summed E-state index contributed by atoms with van der Waals surface area (Å²) in [5, 5.41) is 0. The minimum Gasteiger partial charge on any atom is -0.0791 e. The van der Waals surface area contributed by atoms with Gasteiger partial charge in [-0.3, -0.25) is 0 Å². The molecule has 3 rings (SSSR count). The monoisotopic (exact) mass is 1020 g/mol. The molecular weight excluding hydrogens is 889 g/mol. The molecule has 2 aromatic rings. The van der Waals surface area contributed by atoms with E-state index in [0.29, 0.717) is 23.2 Å². The molecule has 0 radical (unpaired) electrons. The van der Waals surface area contributed by atoms with Gasteiger partial charge in [0.15, 0.2) is 0 Å². The molecule has 0 saturated heterocycles. The third-order valence-electron chi connectivity index (χ3n) is 19.4. The van der Waals surface area contributed by atoms with Gasteiger partial charge in [-0.1, -0.05) is 222 Å². The fraction of sp³-hybridized carbons (Fsp3) is 0.703. The SMILES string of the molecule is C/C(=C\C(C)(C)C(C)(C)CCc1c(C)cc(C)c(C)c1C)C(C)C.C/C(=C\C(C)(C)C(C)CCc1cc(C)cc(C)c1C)C(C)(C)C.CC.CC.CC1=C(C)C(C)=C(CCC(C)(C)C(C)(C)/C=C(\C)C(C)C)CC1. The zero-order valence-corrected chi connectivity index (χ0v) is 56.9. The fourth-order valence-electron chi connectivity index (χ4n) is 9.79. The molecule has 426 valence electrons. The lowest BCUT2D eigenvalue weighted by molar-refractivity contribution is 0.149. The van der Waals surface area contributed by atoms with Crippen molar-refractivity contribution in [1.82, 2.24) is 0 Å². The second-order valence-electron chi connectivity index (χ2n) is 27.9. The molecule has 0 heterocycles. The molecule has 0 N–H and O–H groups in total. The van der Waals surface area contributed by atoms with E-state index >= 15 is 0 Å². The van der Waals surface area contributed by atoms with Gasteiger partial charge in [-0.15, -0.1) is 0 Å². The third kappa shape index (κ3) is 22.2. The number of hydrogen-bond acceptors (Lipinski definition) is 0. The lowest BCUT2D eigenvalue weighted by Gasteiger charge is -2.41. The molecule has 0 amide bonds. The molecule has 0 aromatic heterocycles. The summed E-state index contributed by atoms with van der Waals surface area (Å²) >= 11 is 0. The van der Waals surface area contributed by atoms with E-state index in [2.05, 4.69) is 251 Å². The molecule has 1 aliphatic carbocycles. The van der Waals surface area contributed by atoms with Gasteiger partial charge in [-0.2, -0.15) is 0 Å². The highest BCUT2D eigenvalue weighted by Crippen LogP contribution is 2.47. The van der Waals surface area contributed by atoms with Gasteiger partial charge in [-0.05, 0) is 247 Å². The van der Waals surface area contributed by atoms with Crippen LogP contribution >= 0.6 is 0 Å². The standard InChI is InChI=1S/C24H40.C23H38.C23H40.2C2H6/c1-16(2)19(5)15-24(10,11)23(8,9)13-12-22-18(4)14-17(3)20(6)21(22)7;1-16-13-17(2)20(5)21(14-16)12-11-18(3)23(9,10)15-19(4)22(6,7)8;1-16(2)18(4)15-23(9,10)22(7,8)14-13-21-12-11-17(3)19(5)20(21)6;2*1-2/h14-16H,12-13H2,1-11H3;13-15,18H,11-12H2,1-10H3;15-16H,11-14H2,1-10H3;2*1-2H3/b2*19-15+;18-15+;;. The molecule has 0 heteroatoms. The smallest absolute Gasteiger partial charge is 0.0121 e. The maximum Gasteiger partial charge on any atom is -0.0121 e. The summed E-state index contributed by atoms with van der Waals surface area (Å²) in [6.07, 6.45) is 17.4. The minimum atomic E-state index is 0.197. The molecule has 0 spiro atoms. The highest BCUT2D eigenvalue weighted by Gasteiger charge is 2.37. The summed E-state index contributed by atoms with van der Waals surface area (Å²) in [6.45, 7) is 80.2. The molecule has 1 unspecified atom stereocenters. The Morgan fingerprint density at radius 1 is 0.486 bits per heavy atom. The Morgan fingerprint density at radius 2 is 0.919 bits per heavy atom. The molecule has 0 bridgehead atoms. The van der Waals surface area contributed by atoms with Crippen molar-refractivity contribution in [3.8, 4) is 0 Å². The first-order valence-electron chi connectivity index (χ1n) is 30.1. The Labute approximate surface area is 467 Å². The number of aryl methyl sites for hydroxylation is 5. The van der Waals surface area contributed by atoms with Crippen molar-refractivity contribution in [2.45, 2.75) is 294 Å². The average molecular weight is 1020 g/mol. The first-order chi connectivity index (χ1) is 33.5. The highest BCUT2D eigenvalue weighted by molar-refractivity contribution is 5.44. The Hall–Kier alpha value is -2.86. The van der Waals surface area contributed by atoms with Gasteiger partial charge in [0.25, 0.3) is 0 Å². The van der Waals surface area contributed by atoms with Crippen molar-refractivity contribution in [3.05, 3.63) is 126 Å². The molecule has 0 nitrogen and oxygen atoms in total. The minimum absolute atomic E-state index is 0.197. The zero-order valence-electron chi connectivity index (χ0n) is 56.9. The molecular formula is C74H130. The quantitative estimate of drug-likeness (QED) is 0.139. The van der Waals surface area contributed by atoms with Crippen molar-refractivity contribution in [1.29, 1.82) is 0 Å². The first-order valence-corrected chi connectivity index (χ1v) is 30.1. The second kappa shape index (κ2) is 30.9. The van der Waals surface area contributed by atoms with Crippen LogP contribution < -0.4 is 0 Å². The fourth-order valence-corrected chi connectivity index (χ4v) is 9.79. The van der Waals surface area contributed by atoms with Crippen molar-refractivity contribution in [2.75, 3.05) is 0 Å². The lowest BCUT2D eigenvalue weighted by Crippen LogP contribution is -2.32. The molecule has 1 aliphatic rings. The van der Waals surface area contributed by atoms with Crippen LogP contribution in [0.25, 0.3) is 0 Å². The van der Waals surface area contributed by atoms with Crippen LogP contribution in [0, 0.1) is 98.7 Å². The van der Waals surface area contributed by atoms with E-state index in [0.717, 1.165) is 0 Å². The summed E-state index contributed by atoms with van der Waals surface area (Å²) in [7, 11) is 0. The van der Waals surface area contributed by atoms with Crippen molar-refractivity contribution in [3.63, 3.8) is 0 Å². The summed E-state index contributed by atoms with van der Waals surface area (Å²) in [5.41, 5.74) is 25.6. The van der Waals surface area contributed by atoms with Crippen LogP contribution in [-0.2, 0) is 12.8 Å². The van der Waals surface area contributed by atoms with E-state index in [-0.39, 0.29) is 27.1 Å². The number of hydrogen-bond donors (Lipinski definition) is 0. The van der Waals surface area contributed by atoms with Gasteiger partial charge in [0.2, 0.25) is 0 Å². The molecule has 1 atom stereocenters. The van der Waals surface area contributed by atoms with E-state index in [1.807, 2.05) is 27.7 Å². The van der Waals surface area contributed by atoms with Gasteiger partial charge in [-0.25, -0.2) is 0 Å². The highest BCUT2D eigenvalue weighted by atomic mass is 14.4. The van der Waals surface area contributed by atoms with Crippen molar-refractivity contribution in [2.24, 2.45) is 50.2 Å². The van der Waals surface area contributed by atoms with Gasteiger partial charge in [0.1, 0.15) is 0 Å². The maximum absolute atomic E-state index is 2.52. The van der Waals surface area contributed by atoms with E-state index in [9.17, 15) is 0 Å². The normalized spacial score (nSPS) is 15.0.